The molecule has 0 aromatic heterocycles. The molecule has 4 rings (SSSR count). The number of nitrogens with one attached hydrogen (secondary N) is 2. The van der Waals surface area contributed by atoms with Crippen molar-refractivity contribution >= 4 is 23.4 Å². The molecule has 0 saturated carbocycles. The van der Waals surface area contributed by atoms with Crippen LogP contribution in [-0.4, -0.2) is 34.2 Å². The maximum absolute atomic E-state index is 13.5. The van der Waals surface area contributed by atoms with Gasteiger partial charge in [-0.1, -0.05) is 32.0 Å². The van der Waals surface area contributed by atoms with E-state index in [-0.39, 0.29) is 23.8 Å². The molecule has 6 nitrogen and oxygen atoms in total. The summed E-state index contributed by atoms with van der Waals surface area (Å²) in [6.07, 6.45) is 0.732. The molecule has 2 N–H and O–H groups in total. The number of para-hydroxylation sites is 1. The van der Waals surface area contributed by atoms with Crippen LogP contribution in [0, 0.1) is 17.8 Å². The summed E-state index contributed by atoms with van der Waals surface area (Å²) in [5.74, 6) is -1.54. The first-order valence-electron chi connectivity index (χ1n) is 9.65. The molecule has 0 radical (unpaired) electrons. The van der Waals surface area contributed by atoms with Crippen molar-refractivity contribution in [3.8, 4) is 0 Å². The second kappa shape index (κ2) is 5.64. The van der Waals surface area contributed by atoms with Crippen LogP contribution < -0.4 is 10.6 Å². The fourth-order valence-corrected chi connectivity index (χ4v) is 5.13. The topological polar surface area (TPSA) is 78.5 Å². The van der Waals surface area contributed by atoms with E-state index in [4.69, 9.17) is 0 Å². The van der Waals surface area contributed by atoms with Crippen LogP contribution in [0.2, 0.25) is 0 Å². The van der Waals surface area contributed by atoms with E-state index in [9.17, 15) is 14.4 Å². The third kappa shape index (κ3) is 2.32. The van der Waals surface area contributed by atoms with Gasteiger partial charge in [0, 0.05) is 22.8 Å². The van der Waals surface area contributed by atoms with Crippen molar-refractivity contribution in [3.05, 3.63) is 29.8 Å². The summed E-state index contributed by atoms with van der Waals surface area (Å²) in [6.45, 7) is 9.78. The van der Waals surface area contributed by atoms with Gasteiger partial charge in [0.15, 0.2) is 0 Å². The molecule has 1 aromatic rings. The predicted molar refractivity (Wildman–Crippen MR) is 102 cm³/mol. The lowest BCUT2D eigenvalue weighted by molar-refractivity contribution is -0.147. The molecule has 4 unspecified atom stereocenters. The zero-order valence-corrected chi connectivity index (χ0v) is 16.5. The van der Waals surface area contributed by atoms with Crippen LogP contribution in [0.3, 0.4) is 0 Å². The average Bonchev–Trinajstić information content (AvgIpc) is 3.12. The van der Waals surface area contributed by atoms with E-state index in [0.717, 1.165) is 12.0 Å². The van der Waals surface area contributed by atoms with Crippen LogP contribution in [0.1, 0.15) is 46.6 Å². The van der Waals surface area contributed by atoms with Crippen LogP contribution in [0.5, 0.6) is 0 Å². The number of anilines is 1. The summed E-state index contributed by atoms with van der Waals surface area (Å²) in [6, 6.07) is 7.25. The number of amides is 3. The van der Waals surface area contributed by atoms with Crippen LogP contribution in [0.4, 0.5) is 5.69 Å². The van der Waals surface area contributed by atoms with Gasteiger partial charge in [0.2, 0.25) is 17.7 Å². The minimum absolute atomic E-state index is 0.162. The molecule has 1 spiro atoms. The molecule has 3 amide bonds. The number of rotatable bonds is 2. The number of carbonyl (C=O) groups excluding carboxylic acids is 3. The Morgan fingerprint density at radius 2 is 1.78 bits per heavy atom. The second-order valence-electron chi connectivity index (χ2n) is 9.37. The number of nitrogens with zero attached hydrogens (tertiary/aromatic N) is 1. The second-order valence-corrected chi connectivity index (χ2v) is 9.37. The van der Waals surface area contributed by atoms with E-state index in [1.165, 1.54) is 4.90 Å². The van der Waals surface area contributed by atoms with Gasteiger partial charge in [-0.05, 0) is 39.2 Å². The lowest BCUT2D eigenvalue weighted by Crippen LogP contribution is -2.55. The summed E-state index contributed by atoms with van der Waals surface area (Å²) >= 11 is 0. The van der Waals surface area contributed by atoms with E-state index in [1.54, 1.807) is 0 Å². The summed E-state index contributed by atoms with van der Waals surface area (Å²) in [4.78, 5) is 41.4. The SMILES string of the molecule is CC(C)CC1NC2(C(=O)Nc3ccccc32)C2C(=O)N(C(C)(C)C)C(=O)C12. The molecule has 3 aliphatic rings. The lowest BCUT2D eigenvalue weighted by atomic mass is 9.76. The predicted octanol–water partition coefficient (Wildman–Crippen LogP) is 2.25. The first kappa shape index (κ1) is 18.2. The van der Waals surface area contributed by atoms with Gasteiger partial charge in [-0.2, -0.15) is 0 Å². The molecule has 4 atom stereocenters. The monoisotopic (exact) mass is 369 g/mol. The van der Waals surface area contributed by atoms with E-state index >= 15 is 0 Å². The smallest absolute Gasteiger partial charge is 0.250 e. The van der Waals surface area contributed by atoms with Crippen molar-refractivity contribution in [1.82, 2.24) is 10.2 Å². The van der Waals surface area contributed by atoms with E-state index in [1.807, 2.05) is 45.0 Å². The normalized spacial score (nSPS) is 32.4. The van der Waals surface area contributed by atoms with Gasteiger partial charge in [0.1, 0.15) is 5.54 Å². The first-order valence-corrected chi connectivity index (χ1v) is 9.65. The third-order valence-electron chi connectivity index (χ3n) is 6.02. The molecular weight excluding hydrogens is 342 g/mol. The number of fused-ring (bicyclic) bond motifs is 4. The number of imide groups is 1. The van der Waals surface area contributed by atoms with E-state index in [0.29, 0.717) is 11.6 Å². The Balaban J connectivity index is 1.89. The quantitative estimate of drug-likeness (QED) is 0.784. The number of likely N-dealkylation sites (tertiary alicyclic amines) is 1. The van der Waals surface area contributed by atoms with E-state index in [2.05, 4.69) is 24.5 Å². The summed E-state index contributed by atoms with van der Waals surface area (Å²) in [5.41, 5.74) is -0.300. The average molecular weight is 369 g/mol. The molecule has 0 bridgehead atoms. The van der Waals surface area contributed by atoms with Crippen LogP contribution in [-0.2, 0) is 19.9 Å². The Hall–Kier alpha value is -2.21. The van der Waals surface area contributed by atoms with Crippen molar-refractivity contribution < 1.29 is 14.4 Å². The van der Waals surface area contributed by atoms with Gasteiger partial charge in [-0.15, -0.1) is 0 Å². The van der Waals surface area contributed by atoms with Crippen molar-refractivity contribution in [3.63, 3.8) is 0 Å². The zero-order valence-electron chi connectivity index (χ0n) is 16.5. The Labute approximate surface area is 159 Å². The largest absolute Gasteiger partial charge is 0.324 e. The van der Waals surface area contributed by atoms with Gasteiger partial charge < -0.3 is 5.32 Å². The highest BCUT2D eigenvalue weighted by Gasteiger charge is 2.71. The number of hydrogen-bond donors (Lipinski definition) is 2. The van der Waals surface area contributed by atoms with Crippen LogP contribution >= 0.6 is 0 Å². The van der Waals surface area contributed by atoms with Crippen molar-refractivity contribution in [1.29, 1.82) is 0 Å². The Bertz CT molecular complexity index is 841. The van der Waals surface area contributed by atoms with Gasteiger partial charge in [-0.3, -0.25) is 24.6 Å². The highest BCUT2D eigenvalue weighted by atomic mass is 16.2. The van der Waals surface area contributed by atoms with E-state index < -0.39 is 22.9 Å². The minimum atomic E-state index is -1.17. The fourth-order valence-electron chi connectivity index (χ4n) is 5.13. The highest BCUT2D eigenvalue weighted by molar-refractivity contribution is 6.15. The molecule has 2 saturated heterocycles. The van der Waals surface area contributed by atoms with Crippen LogP contribution in [0.15, 0.2) is 24.3 Å². The van der Waals surface area contributed by atoms with Crippen LogP contribution in [0.25, 0.3) is 0 Å². The van der Waals surface area contributed by atoms with Crippen molar-refractivity contribution in [2.24, 2.45) is 17.8 Å². The molecule has 3 heterocycles. The Morgan fingerprint density at radius 1 is 1.11 bits per heavy atom. The standard InChI is InChI=1S/C21H27N3O3/c1-11(2)10-14-15-16(18(26)24(17(15)25)20(3,4)5)21(23-14)12-8-6-7-9-13(12)22-19(21)27/h6-9,11,14-16,23H,10H2,1-5H3,(H,22,27). The molecule has 144 valence electrons. The number of benzene rings is 1. The van der Waals surface area contributed by atoms with Gasteiger partial charge >= 0.3 is 0 Å². The Morgan fingerprint density at radius 3 is 2.41 bits per heavy atom. The Kier molecular flexibility index (Phi) is 3.80. The number of carbonyl (C=O) groups is 3. The first-order chi connectivity index (χ1) is 12.6. The van der Waals surface area contributed by atoms with Gasteiger partial charge in [-0.25, -0.2) is 0 Å². The summed E-state index contributed by atoms with van der Waals surface area (Å²) in [5, 5.41) is 6.38. The minimum Gasteiger partial charge on any atom is -0.324 e. The number of hydrogen-bond acceptors (Lipinski definition) is 4. The zero-order chi connectivity index (χ0) is 19.7. The van der Waals surface area contributed by atoms with Gasteiger partial charge in [0.05, 0.1) is 11.8 Å². The van der Waals surface area contributed by atoms with Crippen molar-refractivity contribution in [2.45, 2.75) is 58.2 Å². The maximum Gasteiger partial charge on any atom is 0.250 e. The molecule has 2 fully saturated rings. The molecule has 6 heteroatoms. The summed E-state index contributed by atoms with van der Waals surface area (Å²) < 4.78 is 0. The highest BCUT2D eigenvalue weighted by Crippen LogP contribution is 2.54. The fraction of sp³-hybridized carbons (Fsp3) is 0.571. The molecule has 1 aromatic carbocycles. The maximum atomic E-state index is 13.5. The lowest BCUT2D eigenvalue weighted by Gasteiger charge is -2.34. The third-order valence-corrected chi connectivity index (χ3v) is 6.02. The van der Waals surface area contributed by atoms with Gasteiger partial charge in [0.25, 0.3) is 0 Å². The molecular formula is C21H27N3O3. The molecule has 27 heavy (non-hydrogen) atoms. The molecule has 3 aliphatic heterocycles. The molecule has 0 aliphatic carbocycles. The summed E-state index contributed by atoms with van der Waals surface area (Å²) in [7, 11) is 0. The van der Waals surface area contributed by atoms with Crippen molar-refractivity contribution in [2.75, 3.05) is 5.32 Å².